The molecule has 1 heteroatoms. The van der Waals surface area contributed by atoms with E-state index in [0.29, 0.717) is 5.41 Å². The van der Waals surface area contributed by atoms with Gasteiger partial charge in [0.25, 0.3) is 0 Å². The highest BCUT2D eigenvalue weighted by Gasteiger charge is 2.31. The van der Waals surface area contributed by atoms with Gasteiger partial charge in [-0.15, -0.1) is 0 Å². The molecule has 0 N–H and O–H groups in total. The summed E-state index contributed by atoms with van der Waals surface area (Å²) >= 11 is 3.84. The fourth-order valence-corrected chi connectivity index (χ4v) is 2.81. The third kappa shape index (κ3) is 3.27. The predicted molar refractivity (Wildman–Crippen MR) is 63.3 cm³/mol. The van der Waals surface area contributed by atoms with Crippen LogP contribution in [0.4, 0.5) is 0 Å². The van der Waals surface area contributed by atoms with E-state index in [1.807, 2.05) is 0 Å². The van der Waals surface area contributed by atoms with E-state index in [1.165, 1.54) is 25.7 Å². The fraction of sp³-hybridized carbons (Fsp3) is 1.00. The van der Waals surface area contributed by atoms with Crippen molar-refractivity contribution in [1.82, 2.24) is 0 Å². The summed E-state index contributed by atoms with van der Waals surface area (Å²) in [5, 5.41) is 0. The number of rotatable bonds is 2. The quantitative estimate of drug-likeness (QED) is 0.624. The van der Waals surface area contributed by atoms with Crippen LogP contribution < -0.4 is 0 Å². The summed E-state index contributed by atoms with van der Waals surface area (Å²) in [7, 11) is 0. The molecule has 1 aliphatic carbocycles. The highest BCUT2D eigenvalue weighted by Crippen LogP contribution is 2.42. The summed E-state index contributed by atoms with van der Waals surface area (Å²) in [6, 6.07) is 0. The first kappa shape index (κ1) is 11.6. The number of hydrogen-bond acceptors (Lipinski definition) is 0. The fourth-order valence-electron chi connectivity index (χ4n) is 2.28. The summed E-state index contributed by atoms with van der Waals surface area (Å²) in [6.07, 6.45) is 5.65. The largest absolute Gasteiger partial charge is 0.0885 e. The molecule has 0 aromatic rings. The molecule has 1 atom stereocenters. The van der Waals surface area contributed by atoms with Crippen LogP contribution in [0.15, 0.2) is 0 Å². The van der Waals surface area contributed by atoms with Crippen molar-refractivity contribution < 1.29 is 0 Å². The van der Waals surface area contributed by atoms with E-state index in [4.69, 9.17) is 0 Å². The maximum Gasteiger partial charge on any atom is 0.0197 e. The molecule has 0 aromatic carbocycles. The highest BCUT2D eigenvalue weighted by atomic mass is 79.9. The molecule has 1 fully saturated rings. The van der Waals surface area contributed by atoms with E-state index in [2.05, 4.69) is 43.6 Å². The molecule has 0 aliphatic heterocycles. The van der Waals surface area contributed by atoms with E-state index in [0.717, 1.165) is 16.7 Å². The Bertz CT molecular complexity index is 151. The molecule has 1 unspecified atom stereocenters. The van der Waals surface area contributed by atoms with Gasteiger partial charge in [-0.3, -0.25) is 0 Å². The SMILES string of the molecule is CC(C)C(Br)C1CCC(C)(C)CC1. The molecule has 78 valence electrons. The standard InChI is InChI=1S/C12H23Br/c1-9(2)11(13)10-5-7-12(3,4)8-6-10/h9-11H,5-8H2,1-4H3. The minimum absolute atomic E-state index is 0.611. The summed E-state index contributed by atoms with van der Waals surface area (Å²) in [5.41, 5.74) is 0.611. The molecule has 1 saturated carbocycles. The van der Waals surface area contributed by atoms with Gasteiger partial charge in [-0.1, -0.05) is 43.6 Å². The van der Waals surface area contributed by atoms with Gasteiger partial charge in [0.15, 0.2) is 0 Å². The monoisotopic (exact) mass is 246 g/mol. The summed E-state index contributed by atoms with van der Waals surface area (Å²) in [6.45, 7) is 9.45. The second kappa shape index (κ2) is 4.33. The van der Waals surface area contributed by atoms with Crippen molar-refractivity contribution in [2.45, 2.75) is 58.2 Å². The first-order valence-corrected chi connectivity index (χ1v) is 6.48. The van der Waals surface area contributed by atoms with E-state index in [9.17, 15) is 0 Å². The van der Waals surface area contributed by atoms with Crippen LogP contribution in [-0.4, -0.2) is 4.83 Å². The molecule has 0 heterocycles. The van der Waals surface area contributed by atoms with Crippen LogP contribution >= 0.6 is 15.9 Å². The van der Waals surface area contributed by atoms with E-state index in [-0.39, 0.29) is 0 Å². The average molecular weight is 247 g/mol. The maximum absolute atomic E-state index is 3.84. The van der Waals surface area contributed by atoms with E-state index < -0.39 is 0 Å². The van der Waals surface area contributed by atoms with Gasteiger partial charge < -0.3 is 0 Å². The molecule has 0 amide bonds. The Morgan fingerprint density at radius 1 is 1.15 bits per heavy atom. The molecule has 0 saturated heterocycles. The molecule has 0 spiro atoms. The summed E-state index contributed by atoms with van der Waals surface area (Å²) in [5.74, 6) is 1.71. The summed E-state index contributed by atoms with van der Waals surface area (Å²) < 4.78 is 0. The minimum Gasteiger partial charge on any atom is -0.0885 e. The van der Waals surface area contributed by atoms with Crippen molar-refractivity contribution in [2.24, 2.45) is 17.3 Å². The van der Waals surface area contributed by atoms with Crippen LogP contribution in [0.5, 0.6) is 0 Å². The van der Waals surface area contributed by atoms with Crippen molar-refractivity contribution in [3.63, 3.8) is 0 Å². The zero-order chi connectivity index (χ0) is 10.1. The van der Waals surface area contributed by atoms with Gasteiger partial charge in [-0.25, -0.2) is 0 Å². The molecule has 0 aromatic heterocycles. The first-order valence-electron chi connectivity index (χ1n) is 5.56. The number of halogens is 1. The Kier molecular flexibility index (Phi) is 3.85. The Balaban J connectivity index is 2.41. The number of alkyl halides is 1. The van der Waals surface area contributed by atoms with Gasteiger partial charge in [0.2, 0.25) is 0 Å². The predicted octanol–water partition coefficient (Wildman–Crippen LogP) is 4.62. The second-order valence-corrected chi connectivity index (χ2v) is 6.75. The van der Waals surface area contributed by atoms with Gasteiger partial charge in [0.05, 0.1) is 0 Å². The van der Waals surface area contributed by atoms with Gasteiger partial charge in [0.1, 0.15) is 0 Å². The van der Waals surface area contributed by atoms with Crippen LogP contribution in [0.25, 0.3) is 0 Å². The van der Waals surface area contributed by atoms with Crippen LogP contribution in [0.2, 0.25) is 0 Å². The Hall–Kier alpha value is 0.480. The zero-order valence-electron chi connectivity index (χ0n) is 9.44. The van der Waals surface area contributed by atoms with Gasteiger partial charge >= 0.3 is 0 Å². The third-order valence-corrected chi connectivity index (χ3v) is 5.28. The van der Waals surface area contributed by atoms with Crippen molar-refractivity contribution in [2.75, 3.05) is 0 Å². The minimum atomic E-state index is 0.611. The highest BCUT2D eigenvalue weighted by molar-refractivity contribution is 9.09. The Morgan fingerprint density at radius 2 is 1.62 bits per heavy atom. The lowest BCUT2D eigenvalue weighted by molar-refractivity contribution is 0.181. The Morgan fingerprint density at radius 3 is 2.00 bits per heavy atom. The van der Waals surface area contributed by atoms with Crippen LogP contribution in [0, 0.1) is 17.3 Å². The average Bonchev–Trinajstić information content (AvgIpc) is 2.03. The lowest BCUT2D eigenvalue weighted by atomic mass is 9.71. The maximum atomic E-state index is 3.84. The first-order chi connectivity index (χ1) is 5.92. The van der Waals surface area contributed by atoms with Crippen molar-refractivity contribution in [1.29, 1.82) is 0 Å². The van der Waals surface area contributed by atoms with Crippen LogP contribution in [0.1, 0.15) is 53.4 Å². The molecule has 13 heavy (non-hydrogen) atoms. The van der Waals surface area contributed by atoms with Crippen LogP contribution in [-0.2, 0) is 0 Å². The molecule has 0 nitrogen and oxygen atoms in total. The third-order valence-electron chi connectivity index (χ3n) is 3.47. The van der Waals surface area contributed by atoms with Crippen molar-refractivity contribution in [3.05, 3.63) is 0 Å². The molecule has 0 bridgehead atoms. The molecule has 1 aliphatic rings. The molecular weight excluding hydrogens is 224 g/mol. The Labute approximate surface area is 91.6 Å². The summed E-state index contributed by atoms with van der Waals surface area (Å²) in [4.78, 5) is 0.739. The van der Waals surface area contributed by atoms with E-state index >= 15 is 0 Å². The normalized spacial score (nSPS) is 26.3. The zero-order valence-corrected chi connectivity index (χ0v) is 11.0. The van der Waals surface area contributed by atoms with Gasteiger partial charge in [-0.05, 0) is 42.9 Å². The lowest BCUT2D eigenvalue weighted by Crippen LogP contribution is -2.28. The van der Waals surface area contributed by atoms with Gasteiger partial charge in [0, 0.05) is 4.83 Å². The van der Waals surface area contributed by atoms with Gasteiger partial charge in [-0.2, -0.15) is 0 Å². The lowest BCUT2D eigenvalue weighted by Gasteiger charge is -2.37. The van der Waals surface area contributed by atoms with Crippen molar-refractivity contribution >= 4 is 15.9 Å². The molecule has 0 radical (unpaired) electrons. The smallest absolute Gasteiger partial charge is 0.0197 e. The second-order valence-electron chi connectivity index (χ2n) is 5.69. The van der Waals surface area contributed by atoms with E-state index in [1.54, 1.807) is 0 Å². The molecular formula is C12H23Br. The van der Waals surface area contributed by atoms with Crippen LogP contribution in [0.3, 0.4) is 0 Å². The van der Waals surface area contributed by atoms with Crippen molar-refractivity contribution in [3.8, 4) is 0 Å². The number of hydrogen-bond donors (Lipinski definition) is 0. The molecule has 1 rings (SSSR count). The topological polar surface area (TPSA) is 0 Å².